The molecule has 2 aliphatic carbocycles. The fourth-order valence-electron chi connectivity index (χ4n) is 4.09. The summed E-state index contributed by atoms with van der Waals surface area (Å²) in [4.78, 5) is 12.2. The molecular formula is C23H36O2. The highest BCUT2D eigenvalue weighted by atomic mass is 16.5. The number of benzene rings is 1. The molecule has 2 saturated carbocycles. The van der Waals surface area contributed by atoms with Crippen LogP contribution in [0.15, 0.2) is 24.3 Å². The van der Waals surface area contributed by atoms with E-state index in [4.69, 9.17) is 4.74 Å². The van der Waals surface area contributed by atoms with Gasteiger partial charge in [-0.15, -0.1) is 0 Å². The number of ketones is 1. The van der Waals surface area contributed by atoms with Gasteiger partial charge < -0.3 is 4.74 Å². The lowest BCUT2D eigenvalue weighted by Gasteiger charge is -2.35. The standard InChI is InChI=1S/C13H14O2.C8H16.C2H6/c14-13-9-5-1-3-7-11(9)15-12-8-4-2-6-10(12)13;1-2-4-6-8-7-5-3-1;1-2/h1,3,5,7,10,12H,2,4,6,8H2;1-8H2;1-2H3. The van der Waals surface area contributed by atoms with Crippen LogP contribution in [0.4, 0.5) is 0 Å². The first-order valence-corrected chi connectivity index (χ1v) is 10.7. The number of para-hydroxylation sites is 1. The number of carbonyl (C=O) groups excluding carboxylic acids is 1. The second kappa shape index (κ2) is 11.3. The van der Waals surface area contributed by atoms with Gasteiger partial charge >= 0.3 is 0 Å². The van der Waals surface area contributed by atoms with E-state index in [-0.39, 0.29) is 12.0 Å². The zero-order valence-corrected chi connectivity index (χ0v) is 16.3. The molecule has 0 spiro atoms. The van der Waals surface area contributed by atoms with Crippen molar-refractivity contribution in [3.8, 4) is 5.75 Å². The molecule has 1 aromatic carbocycles. The zero-order chi connectivity index (χ0) is 17.9. The minimum atomic E-state index is 0.119. The van der Waals surface area contributed by atoms with Crippen LogP contribution in [0.1, 0.15) is 101 Å². The van der Waals surface area contributed by atoms with Crippen LogP contribution < -0.4 is 4.74 Å². The van der Waals surface area contributed by atoms with Gasteiger partial charge in [-0.2, -0.15) is 0 Å². The number of rotatable bonds is 0. The molecule has 4 rings (SSSR count). The predicted molar refractivity (Wildman–Crippen MR) is 105 cm³/mol. The first kappa shape index (κ1) is 20.0. The van der Waals surface area contributed by atoms with E-state index in [1.165, 1.54) is 64.2 Å². The van der Waals surface area contributed by atoms with E-state index < -0.39 is 0 Å². The number of Topliss-reactive ketones (excluding diaryl/α,β-unsaturated/α-hetero) is 1. The maximum absolute atomic E-state index is 12.2. The molecule has 0 aromatic heterocycles. The normalized spacial score (nSPS) is 25.3. The van der Waals surface area contributed by atoms with Crippen LogP contribution in [-0.4, -0.2) is 11.9 Å². The average Bonchev–Trinajstić information content (AvgIpc) is 2.64. The molecule has 2 fully saturated rings. The molecule has 2 atom stereocenters. The van der Waals surface area contributed by atoms with Gasteiger partial charge in [0.15, 0.2) is 5.78 Å². The highest BCUT2D eigenvalue weighted by molar-refractivity contribution is 6.01. The van der Waals surface area contributed by atoms with Crippen LogP contribution >= 0.6 is 0 Å². The average molecular weight is 345 g/mol. The highest BCUT2D eigenvalue weighted by Gasteiger charge is 2.38. The van der Waals surface area contributed by atoms with Crippen molar-refractivity contribution in [2.24, 2.45) is 5.92 Å². The maximum Gasteiger partial charge on any atom is 0.173 e. The topological polar surface area (TPSA) is 26.3 Å². The molecule has 1 heterocycles. The molecule has 3 aliphatic rings. The quantitative estimate of drug-likeness (QED) is 0.508. The minimum absolute atomic E-state index is 0.119. The Bertz CT molecular complexity index is 485. The minimum Gasteiger partial charge on any atom is -0.489 e. The van der Waals surface area contributed by atoms with Gasteiger partial charge in [0, 0.05) is 0 Å². The third-order valence-electron chi connectivity index (χ3n) is 5.47. The monoisotopic (exact) mass is 344 g/mol. The second-order valence-corrected chi connectivity index (χ2v) is 7.24. The number of ether oxygens (including phenoxy) is 1. The van der Waals surface area contributed by atoms with Gasteiger partial charge in [-0.3, -0.25) is 4.79 Å². The van der Waals surface area contributed by atoms with Gasteiger partial charge in [-0.1, -0.05) is 83.8 Å². The Morgan fingerprint density at radius 3 is 1.88 bits per heavy atom. The Morgan fingerprint density at radius 1 is 0.760 bits per heavy atom. The van der Waals surface area contributed by atoms with Gasteiger partial charge in [0.1, 0.15) is 11.9 Å². The summed E-state index contributed by atoms with van der Waals surface area (Å²) >= 11 is 0. The summed E-state index contributed by atoms with van der Waals surface area (Å²) in [7, 11) is 0. The van der Waals surface area contributed by atoms with Crippen molar-refractivity contribution in [3.05, 3.63) is 29.8 Å². The summed E-state index contributed by atoms with van der Waals surface area (Å²) in [5, 5.41) is 0. The molecule has 0 saturated heterocycles. The molecule has 2 heteroatoms. The third kappa shape index (κ3) is 5.87. The van der Waals surface area contributed by atoms with Crippen molar-refractivity contribution in [3.63, 3.8) is 0 Å². The Hall–Kier alpha value is -1.31. The van der Waals surface area contributed by atoms with Crippen LogP contribution in [0, 0.1) is 5.92 Å². The Morgan fingerprint density at radius 2 is 1.28 bits per heavy atom. The molecule has 0 amide bonds. The fourth-order valence-corrected chi connectivity index (χ4v) is 4.09. The van der Waals surface area contributed by atoms with Crippen molar-refractivity contribution < 1.29 is 9.53 Å². The van der Waals surface area contributed by atoms with E-state index in [0.717, 1.165) is 24.2 Å². The van der Waals surface area contributed by atoms with Crippen LogP contribution in [-0.2, 0) is 0 Å². The number of hydrogen-bond acceptors (Lipinski definition) is 2. The summed E-state index contributed by atoms with van der Waals surface area (Å²) in [6, 6.07) is 7.61. The number of carbonyl (C=O) groups is 1. The van der Waals surface area contributed by atoms with Crippen LogP contribution in [0.25, 0.3) is 0 Å². The maximum atomic E-state index is 12.2. The zero-order valence-electron chi connectivity index (χ0n) is 16.3. The smallest absolute Gasteiger partial charge is 0.173 e. The van der Waals surface area contributed by atoms with Gasteiger partial charge in [-0.25, -0.2) is 0 Å². The van der Waals surface area contributed by atoms with E-state index in [1.807, 2.05) is 38.1 Å². The van der Waals surface area contributed by atoms with Crippen molar-refractivity contribution in [1.82, 2.24) is 0 Å². The predicted octanol–water partition coefficient (Wildman–Crippen LogP) is 6.97. The van der Waals surface area contributed by atoms with E-state index >= 15 is 0 Å². The van der Waals surface area contributed by atoms with Gasteiger partial charge in [-0.05, 0) is 31.4 Å². The number of hydrogen-bond donors (Lipinski definition) is 0. The summed E-state index contributed by atoms with van der Waals surface area (Å²) in [6.07, 6.45) is 16.5. The molecular weight excluding hydrogens is 308 g/mol. The highest BCUT2D eigenvalue weighted by Crippen LogP contribution is 2.37. The molecule has 0 bridgehead atoms. The summed E-state index contributed by atoms with van der Waals surface area (Å²) in [6.45, 7) is 4.00. The second-order valence-electron chi connectivity index (χ2n) is 7.24. The summed E-state index contributed by atoms with van der Waals surface area (Å²) in [5.41, 5.74) is 0.778. The largest absolute Gasteiger partial charge is 0.489 e. The first-order valence-electron chi connectivity index (χ1n) is 10.7. The van der Waals surface area contributed by atoms with Gasteiger partial charge in [0.05, 0.1) is 11.5 Å². The molecule has 2 unspecified atom stereocenters. The Kier molecular flexibility index (Phi) is 9.07. The van der Waals surface area contributed by atoms with E-state index in [9.17, 15) is 4.79 Å². The molecule has 1 aromatic rings. The summed E-state index contributed by atoms with van der Waals surface area (Å²) < 4.78 is 5.89. The SMILES string of the molecule is C1CCCCCCC1.CC.O=C1c2ccccc2OC2CCCCC12. The number of fused-ring (bicyclic) bond motifs is 2. The van der Waals surface area contributed by atoms with Crippen LogP contribution in [0.5, 0.6) is 5.75 Å². The molecule has 1 aliphatic heterocycles. The Balaban J connectivity index is 0.000000192. The lowest BCUT2D eigenvalue weighted by atomic mass is 9.79. The molecule has 140 valence electrons. The molecule has 2 nitrogen and oxygen atoms in total. The van der Waals surface area contributed by atoms with E-state index in [2.05, 4.69) is 0 Å². The van der Waals surface area contributed by atoms with E-state index in [1.54, 1.807) is 0 Å². The molecule has 0 N–H and O–H groups in total. The molecule has 25 heavy (non-hydrogen) atoms. The fraction of sp³-hybridized carbons (Fsp3) is 0.696. The lowest BCUT2D eigenvalue weighted by Crippen LogP contribution is -2.39. The van der Waals surface area contributed by atoms with Crippen molar-refractivity contribution in [2.45, 2.75) is 97.0 Å². The van der Waals surface area contributed by atoms with E-state index in [0.29, 0.717) is 5.78 Å². The van der Waals surface area contributed by atoms with Gasteiger partial charge in [0.2, 0.25) is 0 Å². The summed E-state index contributed by atoms with van der Waals surface area (Å²) in [5.74, 6) is 1.20. The van der Waals surface area contributed by atoms with Crippen LogP contribution in [0.2, 0.25) is 0 Å². The molecule has 0 radical (unpaired) electrons. The third-order valence-corrected chi connectivity index (χ3v) is 5.47. The van der Waals surface area contributed by atoms with Crippen LogP contribution in [0.3, 0.4) is 0 Å². The van der Waals surface area contributed by atoms with Crippen molar-refractivity contribution >= 4 is 5.78 Å². The first-order chi connectivity index (χ1) is 12.4. The van der Waals surface area contributed by atoms with Gasteiger partial charge in [0.25, 0.3) is 0 Å². The lowest BCUT2D eigenvalue weighted by molar-refractivity contribution is 0.0525. The van der Waals surface area contributed by atoms with Crippen molar-refractivity contribution in [2.75, 3.05) is 0 Å². The Labute approximate surface area is 154 Å². The van der Waals surface area contributed by atoms with Crippen molar-refractivity contribution in [1.29, 1.82) is 0 Å².